The molecule has 6 nitrogen and oxygen atoms in total. The lowest BCUT2D eigenvalue weighted by molar-refractivity contribution is 0.0940. The number of hydrogen-bond donors (Lipinski definition) is 2. The summed E-state index contributed by atoms with van der Waals surface area (Å²) in [6, 6.07) is 8.24. The molecule has 8 heteroatoms. The van der Waals surface area contributed by atoms with Crippen LogP contribution < -0.4 is 10.6 Å². The van der Waals surface area contributed by atoms with Crippen molar-refractivity contribution >= 4 is 28.3 Å². The van der Waals surface area contributed by atoms with Crippen LogP contribution in [-0.4, -0.2) is 37.4 Å². The zero-order valence-electron chi connectivity index (χ0n) is 13.2. The van der Waals surface area contributed by atoms with Crippen molar-refractivity contribution in [1.29, 1.82) is 0 Å². The molecule has 0 aliphatic carbocycles. The molecule has 2 N–H and O–H groups in total. The Morgan fingerprint density at radius 2 is 1.96 bits per heavy atom. The Labute approximate surface area is 147 Å². The molecule has 1 unspecified atom stereocenters. The Hall–Kier alpha value is -1.83. The van der Waals surface area contributed by atoms with Crippen LogP contribution in [0, 0.1) is 6.92 Å². The fourth-order valence-corrected chi connectivity index (χ4v) is 3.74. The second kappa shape index (κ2) is 7.38. The molecule has 0 spiro atoms. The molecule has 24 heavy (non-hydrogen) atoms. The van der Waals surface area contributed by atoms with Crippen LogP contribution in [0.25, 0.3) is 0 Å². The fourth-order valence-electron chi connectivity index (χ4n) is 2.54. The summed E-state index contributed by atoms with van der Waals surface area (Å²) in [7, 11) is -3.67. The average Bonchev–Trinajstić information content (AvgIpc) is 3.19. The third-order valence-corrected chi connectivity index (χ3v) is 5.57. The third kappa shape index (κ3) is 3.80. The average molecular weight is 370 g/mol. The number of nitrogens with zero attached hydrogens (tertiary/aromatic N) is 1. The Kier molecular flexibility index (Phi) is 5.69. The van der Waals surface area contributed by atoms with E-state index in [1.807, 2.05) is 6.92 Å². The van der Waals surface area contributed by atoms with E-state index in [0.717, 1.165) is 29.0 Å². The van der Waals surface area contributed by atoms with Crippen molar-refractivity contribution in [3.63, 3.8) is 0 Å². The van der Waals surface area contributed by atoms with Gasteiger partial charge in [-0.1, -0.05) is 17.7 Å². The number of amides is 1. The van der Waals surface area contributed by atoms with Crippen molar-refractivity contribution in [1.82, 2.24) is 14.6 Å². The summed E-state index contributed by atoms with van der Waals surface area (Å²) < 4.78 is 26.2. The summed E-state index contributed by atoms with van der Waals surface area (Å²) in [5.41, 5.74) is 1.33. The maximum Gasteiger partial charge on any atom is 0.267 e. The van der Waals surface area contributed by atoms with E-state index in [-0.39, 0.29) is 29.3 Å². The van der Waals surface area contributed by atoms with E-state index >= 15 is 0 Å². The number of benzene rings is 1. The number of aryl methyl sites for hydroxylation is 1. The molecule has 0 radical (unpaired) electrons. The Morgan fingerprint density at radius 3 is 2.58 bits per heavy atom. The quantitative estimate of drug-likeness (QED) is 0.856. The molecule has 1 saturated heterocycles. The number of aromatic nitrogens is 1. The lowest BCUT2D eigenvalue weighted by atomic mass is 10.2. The van der Waals surface area contributed by atoms with Gasteiger partial charge in [-0.15, -0.1) is 12.4 Å². The van der Waals surface area contributed by atoms with Crippen molar-refractivity contribution in [2.45, 2.75) is 24.3 Å². The molecule has 2 heterocycles. The van der Waals surface area contributed by atoms with E-state index in [1.165, 1.54) is 18.5 Å². The van der Waals surface area contributed by atoms with Crippen LogP contribution in [0.5, 0.6) is 0 Å². The third-order valence-electron chi connectivity index (χ3n) is 3.92. The van der Waals surface area contributed by atoms with Crippen LogP contribution in [0.15, 0.2) is 47.6 Å². The standard InChI is InChI=1S/C16H19N3O3S.ClH/c1-12-2-4-15(5-3-12)23(21,22)19-9-7-13(11-19)16(20)18-14-6-8-17-10-14;/h2-5,7,9,11,14,17H,6,8,10H2,1H3,(H,18,20);1H. The van der Waals surface area contributed by atoms with E-state index in [0.29, 0.717) is 5.56 Å². The minimum absolute atomic E-state index is 0. The van der Waals surface area contributed by atoms with Gasteiger partial charge in [0, 0.05) is 25.0 Å². The first kappa shape index (κ1) is 18.5. The largest absolute Gasteiger partial charge is 0.348 e. The summed E-state index contributed by atoms with van der Waals surface area (Å²) in [5.74, 6) is -0.253. The van der Waals surface area contributed by atoms with E-state index in [2.05, 4.69) is 10.6 Å². The highest BCUT2D eigenvalue weighted by Gasteiger charge is 2.21. The van der Waals surface area contributed by atoms with Gasteiger partial charge in [0.25, 0.3) is 15.9 Å². The van der Waals surface area contributed by atoms with Gasteiger partial charge in [0.2, 0.25) is 0 Å². The molecule has 0 saturated carbocycles. The van der Waals surface area contributed by atoms with Gasteiger partial charge >= 0.3 is 0 Å². The minimum Gasteiger partial charge on any atom is -0.348 e. The lowest BCUT2D eigenvalue weighted by Gasteiger charge is -2.10. The number of carbonyl (C=O) groups is 1. The maximum absolute atomic E-state index is 12.5. The van der Waals surface area contributed by atoms with Gasteiger partial charge in [-0.25, -0.2) is 12.4 Å². The molecule has 1 aromatic carbocycles. The van der Waals surface area contributed by atoms with Crippen molar-refractivity contribution in [3.8, 4) is 0 Å². The molecule has 1 aromatic heterocycles. The number of nitrogens with one attached hydrogen (secondary N) is 2. The molecule has 1 aliphatic heterocycles. The highest BCUT2D eigenvalue weighted by atomic mass is 35.5. The summed E-state index contributed by atoms with van der Waals surface area (Å²) in [5, 5.41) is 6.07. The number of carbonyl (C=O) groups excluding carboxylic acids is 1. The van der Waals surface area contributed by atoms with Crippen LogP contribution in [0.2, 0.25) is 0 Å². The molecule has 130 valence electrons. The van der Waals surface area contributed by atoms with Gasteiger partial charge in [-0.05, 0) is 38.1 Å². The predicted molar refractivity (Wildman–Crippen MR) is 94.2 cm³/mol. The van der Waals surface area contributed by atoms with Gasteiger partial charge in [-0.2, -0.15) is 0 Å². The lowest BCUT2D eigenvalue weighted by Crippen LogP contribution is -2.36. The Bertz CT molecular complexity index is 809. The van der Waals surface area contributed by atoms with Crippen molar-refractivity contribution < 1.29 is 13.2 Å². The number of hydrogen-bond acceptors (Lipinski definition) is 4. The summed E-state index contributed by atoms with van der Waals surface area (Å²) >= 11 is 0. The summed E-state index contributed by atoms with van der Waals surface area (Å²) in [6.45, 7) is 3.52. The molecule has 1 fully saturated rings. The van der Waals surface area contributed by atoms with E-state index < -0.39 is 10.0 Å². The van der Waals surface area contributed by atoms with E-state index in [1.54, 1.807) is 24.3 Å². The van der Waals surface area contributed by atoms with Gasteiger partial charge < -0.3 is 10.6 Å². The van der Waals surface area contributed by atoms with Crippen LogP contribution in [-0.2, 0) is 10.0 Å². The van der Waals surface area contributed by atoms with Crippen LogP contribution in [0.1, 0.15) is 22.3 Å². The number of rotatable bonds is 4. The van der Waals surface area contributed by atoms with Gasteiger partial charge in [0.1, 0.15) is 0 Å². The molecule has 1 atom stereocenters. The predicted octanol–water partition coefficient (Wildman–Crippen LogP) is 1.55. The minimum atomic E-state index is -3.67. The van der Waals surface area contributed by atoms with Crippen molar-refractivity contribution in [3.05, 3.63) is 53.9 Å². The molecular formula is C16H20ClN3O3S. The first-order valence-corrected chi connectivity index (χ1v) is 8.92. The maximum atomic E-state index is 12.5. The molecule has 2 aromatic rings. The second-order valence-electron chi connectivity index (χ2n) is 5.71. The molecule has 3 rings (SSSR count). The summed E-state index contributed by atoms with van der Waals surface area (Å²) in [6.07, 6.45) is 3.64. The van der Waals surface area contributed by atoms with Crippen LogP contribution in [0.3, 0.4) is 0 Å². The fraction of sp³-hybridized carbons (Fsp3) is 0.312. The van der Waals surface area contributed by atoms with Crippen LogP contribution >= 0.6 is 12.4 Å². The van der Waals surface area contributed by atoms with Crippen molar-refractivity contribution in [2.24, 2.45) is 0 Å². The molecule has 0 bridgehead atoms. The second-order valence-corrected chi connectivity index (χ2v) is 7.55. The first-order valence-electron chi connectivity index (χ1n) is 7.48. The number of halogens is 1. The molecule has 1 amide bonds. The monoisotopic (exact) mass is 369 g/mol. The van der Waals surface area contributed by atoms with Crippen molar-refractivity contribution in [2.75, 3.05) is 13.1 Å². The smallest absolute Gasteiger partial charge is 0.267 e. The highest BCUT2D eigenvalue weighted by Crippen LogP contribution is 2.16. The van der Waals surface area contributed by atoms with Gasteiger partial charge in [0.05, 0.1) is 10.5 Å². The SMILES string of the molecule is Cc1ccc(S(=O)(=O)n2ccc(C(=O)NC3CCNC3)c2)cc1.Cl. The first-order chi connectivity index (χ1) is 11.0. The summed E-state index contributed by atoms with van der Waals surface area (Å²) in [4.78, 5) is 12.4. The van der Waals surface area contributed by atoms with Gasteiger partial charge in [0.15, 0.2) is 0 Å². The topological polar surface area (TPSA) is 80.2 Å². The highest BCUT2D eigenvalue weighted by molar-refractivity contribution is 7.90. The Morgan fingerprint density at radius 1 is 1.25 bits per heavy atom. The van der Waals surface area contributed by atoms with Crippen LogP contribution in [0.4, 0.5) is 0 Å². The van der Waals surface area contributed by atoms with E-state index in [9.17, 15) is 13.2 Å². The Balaban J connectivity index is 0.00000208. The zero-order valence-corrected chi connectivity index (χ0v) is 14.9. The van der Waals surface area contributed by atoms with E-state index in [4.69, 9.17) is 0 Å². The molecular weight excluding hydrogens is 350 g/mol. The zero-order chi connectivity index (χ0) is 16.4. The molecule has 1 aliphatic rings. The normalized spacial score (nSPS) is 17.3. The van der Waals surface area contributed by atoms with Gasteiger partial charge in [-0.3, -0.25) is 4.79 Å².